The number of rotatable bonds is 12. The van der Waals surface area contributed by atoms with Gasteiger partial charge in [0.1, 0.15) is 12.3 Å². The molecule has 1 rings (SSSR count). The van der Waals surface area contributed by atoms with Gasteiger partial charge in [-0.15, -0.1) is 0 Å². The molecule has 0 spiro atoms. The van der Waals surface area contributed by atoms with Gasteiger partial charge in [-0.05, 0) is 6.42 Å². The summed E-state index contributed by atoms with van der Waals surface area (Å²) in [6.45, 7) is 4.89. The van der Waals surface area contributed by atoms with E-state index in [0.717, 1.165) is 31.9 Å². The standard InChI is InChI=1S/C16H30N2O2/c1-2-3-4-5-6-7-8-9-10-12-18-13-11-17-15(18)14-16(19)20/h2-14H2,1H3,(H,19,20). The van der Waals surface area contributed by atoms with E-state index in [2.05, 4.69) is 16.8 Å². The number of unbranched alkanes of at least 4 members (excludes halogenated alkanes) is 8. The van der Waals surface area contributed by atoms with Crippen LogP contribution in [0.25, 0.3) is 0 Å². The molecule has 0 saturated heterocycles. The van der Waals surface area contributed by atoms with Gasteiger partial charge in [0, 0.05) is 13.1 Å². The minimum atomic E-state index is -0.775. The van der Waals surface area contributed by atoms with Gasteiger partial charge in [0.15, 0.2) is 0 Å². The minimum Gasteiger partial charge on any atom is -0.481 e. The third-order valence-corrected chi connectivity index (χ3v) is 3.87. The predicted octanol–water partition coefficient (Wildman–Crippen LogP) is 3.71. The summed E-state index contributed by atoms with van der Waals surface area (Å²) in [6, 6.07) is 0. The molecule has 1 aliphatic rings. The molecule has 116 valence electrons. The number of carboxylic acids is 1. The van der Waals surface area contributed by atoms with Crippen LogP contribution < -0.4 is 0 Å². The number of amidine groups is 1. The van der Waals surface area contributed by atoms with Crippen molar-refractivity contribution in [1.82, 2.24) is 4.90 Å². The third-order valence-electron chi connectivity index (χ3n) is 3.87. The van der Waals surface area contributed by atoms with Gasteiger partial charge in [-0.25, -0.2) is 0 Å². The Hall–Kier alpha value is -1.06. The molecule has 0 unspecified atom stereocenters. The van der Waals surface area contributed by atoms with E-state index in [-0.39, 0.29) is 6.42 Å². The van der Waals surface area contributed by atoms with Crippen LogP contribution in [-0.4, -0.2) is 41.4 Å². The highest BCUT2D eigenvalue weighted by Crippen LogP contribution is 2.11. The molecule has 0 saturated carbocycles. The Morgan fingerprint density at radius 1 is 1.10 bits per heavy atom. The first-order valence-corrected chi connectivity index (χ1v) is 8.24. The van der Waals surface area contributed by atoms with Crippen molar-refractivity contribution in [3.63, 3.8) is 0 Å². The first-order chi connectivity index (χ1) is 9.74. The summed E-state index contributed by atoms with van der Waals surface area (Å²) in [5, 5.41) is 8.81. The van der Waals surface area contributed by atoms with E-state index < -0.39 is 5.97 Å². The van der Waals surface area contributed by atoms with Crippen LogP contribution in [0.3, 0.4) is 0 Å². The number of carbonyl (C=O) groups is 1. The van der Waals surface area contributed by atoms with Gasteiger partial charge in [0.05, 0.1) is 6.54 Å². The number of hydrogen-bond acceptors (Lipinski definition) is 3. The summed E-state index contributed by atoms with van der Waals surface area (Å²) in [5.41, 5.74) is 0. The Kier molecular flexibility index (Phi) is 9.09. The first kappa shape index (κ1) is 17.0. The molecule has 1 heterocycles. The second-order valence-corrected chi connectivity index (χ2v) is 5.68. The van der Waals surface area contributed by atoms with Crippen LogP contribution in [-0.2, 0) is 4.79 Å². The number of aliphatic imine (C=N–C) groups is 1. The van der Waals surface area contributed by atoms with Gasteiger partial charge < -0.3 is 10.0 Å². The van der Waals surface area contributed by atoms with E-state index in [1.165, 1.54) is 51.4 Å². The van der Waals surface area contributed by atoms with Crippen LogP contribution in [0.5, 0.6) is 0 Å². The van der Waals surface area contributed by atoms with Gasteiger partial charge in [-0.2, -0.15) is 0 Å². The van der Waals surface area contributed by atoms with Crippen LogP contribution in [0.4, 0.5) is 0 Å². The molecule has 0 aliphatic carbocycles. The molecular weight excluding hydrogens is 252 g/mol. The molecular formula is C16H30N2O2. The van der Waals surface area contributed by atoms with Crippen LogP contribution in [0, 0.1) is 0 Å². The van der Waals surface area contributed by atoms with E-state index in [4.69, 9.17) is 5.11 Å². The molecule has 0 atom stereocenters. The van der Waals surface area contributed by atoms with Crippen LogP contribution in [0.15, 0.2) is 4.99 Å². The summed E-state index contributed by atoms with van der Waals surface area (Å²) < 4.78 is 0. The Balaban J connectivity index is 1.96. The zero-order valence-corrected chi connectivity index (χ0v) is 12.9. The summed E-state index contributed by atoms with van der Waals surface area (Å²) in [7, 11) is 0. The Labute approximate surface area is 123 Å². The lowest BCUT2D eigenvalue weighted by Gasteiger charge is -2.19. The fraction of sp³-hybridized carbons (Fsp3) is 0.875. The summed E-state index contributed by atoms with van der Waals surface area (Å²) in [5.74, 6) is -0.000190. The van der Waals surface area contributed by atoms with Gasteiger partial charge in [0.2, 0.25) is 0 Å². The fourth-order valence-electron chi connectivity index (χ4n) is 2.69. The van der Waals surface area contributed by atoms with E-state index in [1.54, 1.807) is 0 Å². The zero-order chi connectivity index (χ0) is 14.6. The van der Waals surface area contributed by atoms with Crippen molar-refractivity contribution < 1.29 is 9.90 Å². The molecule has 4 nitrogen and oxygen atoms in total. The molecule has 1 N–H and O–H groups in total. The van der Waals surface area contributed by atoms with Gasteiger partial charge in [-0.3, -0.25) is 9.79 Å². The van der Waals surface area contributed by atoms with E-state index in [9.17, 15) is 4.79 Å². The molecule has 0 amide bonds. The minimum absolute atomic E-state index is 0.0808. The lowest BCUT2D eigenvalue weighted by molar-refractivity contribution is -0.135. The second kappa shape index (κ2) is 10.7. The maximum absolute atomic E-state index is 10.7. The van der Waals surface area contributed by atoms with Crippen molar-refractivity contribution in [3.05, 3.63) is 0 Å². The third kappa shape index (κ3) is 7.51. The number of carboxylic acid groups (broad SMARTS) is 1. The lowest BCUT2D eigenvalue weighted by atomic mass is 10.1. The molecule has 0 fully saturated rings. The maximum atomic E-state index is 10.7. The lowest BCUT2D eigenvalue weighted by Crippen LogP contribution is -2.30. The average Bonchev–Trinajstić information content (AvgIpc) is 2.83. The Bertz CT molecular complexity index is 303. The van der Waals surface area contributed by atoms with Crippen molar-refractivity contribution in [1.29, 1.82) is 0 Å². The largest absolute Gasteiger partial charge is 0.481 e. The highest BCUT2D eigenvalue weighted by molar-refractivity contribution is 5.97. The Morgan fingerprint density at radius 3 is 2.30 bits per heavy atom. The van der Waals surface area contributed by atoms with Crippen LogP contribution >= 0.6 is 0 Å². The van der Waals surface area contributed by atoms with E-state index in [0.29, 0.717) is 0 Å². The zero-order valence-electron chi connectivity index (χ0n) is 12.9. The summed E-state index contributed by atoms with van der Waals surface area (Å²) in [4.78, 5) is 17.1. The smallest absolute Gasteiger partial charge is 0.310 e. The Morgan fingerprint density at radius 2 is 1.70 bits per heavy atom. The molecule has 20 heavy (non-hydrogen) atoms. The topological polar surface area (TPSA) is 52.9 Å². The first-order valence-electron chi connectivity index (χ1n) is 8.24. The van der Waals surface area contributed by atoms with E-state index >= 15 is 0 Å². The quantitative estimate of drug-likeness (QED) is 0.555. The molecule has 0 aromatic heterocycles. The molecule has 4 heteroatoms. The number of nitrogens with zero attached hydrogens (tertiary/aromatic N) is 2. The molecule has 1 aliphatic heterocycles. The van der Waals surface area contributed by atoms with Crippen molar-refractivity contribution in [2.24, 2.45) is 4.99 Å². The second-order valence-electron chi connectivity index (χ2n) is 5.68. The van der Waals surface area contributed by atoms with Crippen LogP contribution in [0.2, 0.25) is 0 Å². The van der Waals surface area contributed by atoms with E-state index in [1.807, 2.05) is 0 Å². The predicted molar refractivity (Wildman–Crippen MR) is 83.4 cm³/mol. The molecule has 0 aromatic carbocycles. The van der Waals surface area contributed by atoms with Crippen molar-refractivity contribution in [2.45, 2.75) is 71.1 Å². The monoisotopic (exact) mass is 282 g/mol. The van der Waals surface area contributed by atoms with Crippen molar-refractivity contribution in [2.75, 3.05) is 19.6 Å². The molecule has 0 bridgehead atoms. The summed E-state index contributed by atoms with van der Waals surface area (Å²) in [6.07, 6.45) is 12.0. The van der Waals surface area contributed by atoms with Gasteiger partial charge in [0.25, 0.3) is 0 Å². The number of aliphatic carboxylic acids is 1. The van der Waals surface area contributed by atoms with Crippen molar-refractivity contribution in [3.8, 4) is 0 Å². The maximum Gasteiger partial charge on any atom is 0.310 e. The number of hydrogen-bond donors (Lipinski definition) is 1. The van der Waals surface area contributed by atoms with Crippen LogP contribution in [0.1, 0.15) is 71.1 Å². The molecule has 0 radical (unpaired) electrons. The normalized spacial score (nSPS) is 14.7. The highest BCUT2D eigenvalue weighted by Gasteiger charge is 2.18. The highest BCUT2D eigenvalue weighted by atomic mass is 16.4. The van der Waals surface area contributed by atoms with Gasteiger partial charge >= 0.3 is 5.97 Å². The fourth-order valence-corrected chi connectivity index (χ4v) is 2.69. The summed E-state index contributed by atoms with van der Waals surface area (Å²) >= 11 is 0. The average molecular weight is 282 g/mol. The van der Waals surface area contributed by atoms with Gasteiger partial charge in [-0.1, -0.05) is 58.3 Å². The van der Waals surface area contributed by atoms with Crippen molar-refractivity contribution >= 4 is 11.8 Å². The SMILES string of the molecule is CCCCCCCCCCCN1CCN=C1CC(=O)O. The molecule has 0 aromatic rings.